The maximum Gasteiger partial charge on any atom is 0.331 e. The summed E-state index contributed by atoms with van der Waals surface area (Å²) in [6.07, 6.45) is -4.62. The number of aliphatic hydroxyl groups excluding tert-OH is 3. The second-order valence-corrected chi connectivity index (χ2v) is 21.5. The molecule has 17 heteroatoms. The van der Waals surface area contributed by atoms with Crippen molar-refractivity contribution >= 4 is 12.0 Å². The van der Waals surface area contributed by atoms with Crippen molar-refractivity contribution in [1.82, 2.24) is 0 Å². The predicted octanol–water partition coefficient (Wildman–Crippen LogP) is 3.54. The zero-order chi connectivity index (χ0) is 49.1. The van der Waals surface area contributed by atoms with Gasteiger partial charge in [0.25, 0.3) is 0 Å². The van der Waals surface area contributed by atoms with E-state index in [2.05, 4.69) is 6.92 Å². The van der Waals surface area contributed by atoms with Crippen molar-refractivity contribution < 1.29 is 82.8 Å². The van der Waals surface area contributed by atoms with Crippen LogP contribution in [0.1, 0.15) is 111 Å². The molecule has 384 valence electrons. The first-order chi connectivity index (χ1) is 32.2. The van der Waals surface area contributed by atoms with Crippen LogP contribution in [0.25, 0.3) is 6.08 Å². The Morgan fingerprint density at radius 2 is 1.35 bits per heavy atom. The smallest absolute Gasteiger partial charge is 0.331 e. The van der Waals surface area contributed by atoms with Crippen molar-refractivity contribution in [2.24, 2.45) is 22.7 Å². The van der Waals surface area contributed by atoms with E-state index in [9.17, 15) is 35.4 Å². The first-order valence-corrected chi connectivity index (χ1v) is 24.8. The summed E-state index contributed by atoms with van der Waals surface area (Å²) in [5.41, 5.74) is -6.50. The second-order valence-electron chi connectivity index (χ2n) is 21.5. The molecule has 1 aromatic carbocycles. The maximum absolute atomic E-state index is 13.0. The molecule has 23 unspecified atom stereocenters. The number of fused-ring (bicyclic) bond motifs is 5. The number of hydrogen-bond donors (Lipinski definition) is 6. The highest BCUT2D eigenvalue weighted by atomic mass is 16.8. The number of benzene rings is 1. The molecule has 0 aromatic heterocycles. The Bertz CT molecular complexity index is 1910. The van der Waals surface area contributed by atoms with Gasteiger partial charge in [0.2, 0.25) is 0 Å². The average Bonchev–Trinajstić information content (AvgIpc) is 3.54. The normalized spacial score (nSPS) is 50.0. The first-order valence-electron chi connectivity index (χ1n) is 24.8. The molecule has 68 heavy (non-hydrogen) atoms. The highest BCUT2D eigenvalue weighted by Gasteiger charge is 2.81. The molecule has 17 nitrogen and oxygen atoms in total. The van der Waals surface area contributed by atoms with Crippen LogP contribution in [0.4, 0.5) is 0 Å². The molecule has 8 rings (SSSR count). The lowest BCUT2D eigenvalue weighted by Crippen LogP contribution is -2.79. The van der Waals surface area contributed by atoms with Gasteiger partial charge in [-0.15, -0.1) is 0 Å². The number of rotatable bonds is 13. The van der Waals surface area contributed by atoms with Crippen LogP contribution in [0.15, 0.2) is 36.4 Å². The number of carbonyl (C=O) groups is 1. The van der Waals surface area contributed by atoms with Crippen molar-refractivity contribution in [2.75, 3.05) is 21.3 Å². The lowest BCUT2D eigenvalue weighted by Gasteiger charge is -2.69. The summed E-state index contributed by atoms with van der Waals surface area (Å²) in [6.45, 7) is 10.9. The van der Waals surface area contributed by atoms with Crippen LogP contribution >= 0.6 is 0 Å². The number of methoxy groups -OCH3 is 3. The van der Waals surface area contributed by atoms with Gasteiger partial charge in [0.15, 0.2) is 18.9 Å². The molecule has 3 saturated heterocycles. The molecule has 3 aliphatic heterocycles. The fraction of sp³-hybridized carbons (Fsp3) is 0.824. The third-order valence-electron chi connectivity index (χ3n) is 18.2. The van der Waals surface area contributed by atoms with Crippen molar-refractivity contribution in [2.45, 2.75) is 221 Å². The minimum Gasteiger partial charge on any atom is -0.456 e. The SMILES string of the molecule is COC1CC(OC2CCC3(C)C(CCC4(O)C3CC(O)C3(C)C(O)(C(C)OC(=O)C=Cc5ccccc5)CCC43O)C2)OC(C)C1OC1CC(OC)C(OC2OC(C)C(O)C(OC)C2O)C(C)O1. The van der Waals surface area contributed by atoms with E-state index in [0.717, 1.165) is 5.56 Å². The fourth-order valence-electron chi connectivity index (χ4n) is 14.0. The molecule has 7 aliphatic rings. The Hall–Kier alpha value is -2.17. The highest BCUT2D eigenvalue weighted by Crippen LogP contribution is 2.72. The van der Waals surface area contributed by atoms with Crippen LogP contribution in [0.3, 0.4) is 0 Å². The van der Waals surface area contributed by atoms with E-state index < -0.39 is 126 Å². The summed E-state index contributed by atoms with van der Waals surface area (Å²) in [6, 6.07) is 9.31. The van der Waals surface area contributed by atoms with E-state index in [0.29, 0.717) is 38.5 Å². The molecule has 0 amide bonds. The Morgan fingerprint density at radius 1 is 0.721 bits per heavy atom. The number of esters is 1. The number of aliphatic hydroxyl groups is 6. The van der Waals surface area contributed by atoms with Gasteiger partial charge in [0, 0.05) is 40.2 Å². The predicted molar refractivity (Wildman–Crippen MR) is 243 cm³/mol. The quantitative estimate of drug-likeness (QED) is 0.0944. The molecule has 4 saturated carbocycles. The Balaban J connectivity index is 0.869. The van der Waals surface area contributed by atoms with E-state index in [1.165, 1.54) is 13.2 Å². The van der Waals surface area contributed by atoms with Gasteiger partial charge in [-0.25, -0.2) is 4.79 Å². The van der Waals surface area contributed by atoms with Crippen molar-refractivity contribution in [3.05, 3.63) is 42.0 Å². The molecular weight excluding hydrogens is 885 g/mol. The number of carbonyl (C=O) groups excluding carboxylic acids is 1. The fourth-order valence-corrected chi connectivity index (χ4v) is 14.0. The molecule has 0 radical (unpaired) electrons. The average molecular weight is 963 g/mol. The van der Waals surface area contributed by atoms with Gasteiger partial charge in [-0.3, -0.25) is 0 Å². The standard InChI is InChI=1S/C51H78O17/c1-27-41(54)45(61-9)42(55)46(64-27)68-44-29(3)63-40(25-35(44)60-8)67-43-28(2)62-39(24-34(43)59-7)66-33-18-19-47(5)32(23-33)17-20-50(57)36(47)26-37(52)48(6)49(56,21-22-51(48,50)58)30(4)65-38(53)16-15-31-13-11-10-12-14-31/h10-16,27-30,32-37,39-46,52,54-58H,17-26H2,1-9H3. The van der Waals surface area contributed by atoms with Gasteiger partial charge in [-0.1, -0.05) is 44.2 Å². The van der Waals surface area contributed by atoms with Gasteiger partial charge < -0.3 is 78.0 Å². The zero-order valence-corrected chi connectivity index (χ0v) is 41.2. The van der Waals surface area contributed by atoms with E-state index in [-0.39, 0.29) is 43.8 Å². The third kappa shape index (κ3) is 8.84. The summed E-state index contributed by atoms with van der Waals surface area (Å²) >= 11 is 0. The molecule has 7 fully saturated rings. The third-order valence-corrected chi connectivity index (χ3v) is 18.2. The van der Waals surface area contributed by atoms with Crippen LogP contribution in [0.5, 0.6) is 0 Å². The first kappa shape index (κ1) is 52.2. The minimum absolute atomic E-state index is 0.0353. The molecule has 3 heterocycles. The van der Waals surface area contributed by atoms with Crippen LogP contribution < -0.4 is 0 Å². The Labute approximate surface area is 400 Å². The van der Waals surface area contributed by atoms with Gasteiger partial charge in [0.1, 0.15) is 47.8 Å². The van der Waals surface area contributed by atoms with Gasteiger partial charge >= 0.3 is 5.97 Å². The Kier molecular flexibility index (Phi) is 15.4. The lowest BCUT2D eigenvalue weighted by molar-refractivity contribution is -0.353. The van der Waals surface area contributed by atoms with Crippen LogP contribution in [0, 0.1) is 22.7 Å². The minimum atomic E-state index is -1.86. The van der Waals surface area contributed by atoms with E-state index in [4.69, 9.17) is 47.4 Å². The lowest BCUT2D eigenvalue weighted by atomic mass is 9.40. The maximum atomic E-state index is 13.0. The number of ether oxygens (including phenoxy) is 10. The molecule has 23 atom stereocenters. The topological polar surface area (TPSA) is 231 Å². The molecule has 4 aliphatic carbocycles. The van der Waals surface area contributed by atoms with Crippen molar-refractivity contribution in [3.8, 4) is 0 Å². The largest absolute Gasteiger partial charge is 0.456 e. The summed E-state index contributed by atoms with van der Waals surface area (Å²) in [7, 11) is 4.63. The second kappa shape index (κ2) is 20.0. The highest BCUT2D eigenvalue weighted by molar-refractivity contribution is 5.87. The van der Waals surface area contributed by atoms with Gasteiger partial charge in [-0.05, 0) is 108 Å². The van der Waals surface area contributed by atoms with Crippen LogP contribution in [-0.4, -0.2) is 173 Å². The van der Waals surface area contributed by atoms with Crippen molar-refractivity contribution in [3.63, 3.8) is 0 Å². The summed E-state index contributed by atoms with van der Waals surface area (Å²) in [5.74, 6) is -0.994. The summed E-state index contributed by atoms with van der Waals surface area (Å²) < 4.78 is 61.2. The van der Waals surface area contributed by atoms with Crippen LogP contribution in [0.2, 0.25) is 0 Å². The monoisotopic (exact) mass is 963 g/mol. The van der Waals surface area contributed by atoms with E-state index in [1.54, 1.807) is 41.1 Å². The van der Waals surface area contributed by atoms with E-state index >= 15 is 0 Å². The summed E-state index contributed by atoms with van der Waals surface area (Å²) in [4.78, 5) is 13.0. The molecule has 6 N–H and O–H groups in total. The zero-order valence-electron chi connectivity index (χ0n) is 41.2. The molecule has 1 aromatic rings. The van der Waals surface area contributed by atoms with Crippen molar-refractivity contribution in [1.29, 1.82) is 0 Å². The molecular formula is C51H78O17. The summed E-state index contributed by atoms with van der Waals surface area (Å²) in [5, 5.41) is 71.7. The number of hydrogen-bond acceptors (Lipinski definition) is 17. The Morgan fingerprint density at radius 3 is 1.99 bits per heavy atom. The van der Waals surface area contributed by atoms with Crippen LogP contribution in [-0.2, 0) is 52.2 Å². The van der Waals surface area contributed by atoms with E-state index in [1.807, 2.05) is 44.2 Å². The van der Waals surface area contributed by atoms with Gasteiger partial charge in [-0.2, -0.15) is 0 Å². The molecule has 0 spiro atoms. The van der Waals surface area contributed by atoms with Gasteiger partial charge in [0.05, 0.1) is 53.7 Å². The molecule has 0 bridgehead atoms.